The maximum atomic E-state index is 5.66. The van der Waals surface area contributed by atoms with Crippen LogP contribution in [0.5, 0.6) is 0 Å². The van der Waals surface area contributed by atoms with Gasteiger partial charge in [0.2, 0.25) is 0 Å². The number of aromatic nitrogens is 2. The predicted molar refractivity (Wildman–Crippen MR) is 44.2 cm³/mol. The van der Waals surface area contributed by atoms with Crippen molar-refractivity contribution in [1.29, 1.82) is 0 Å². The van der Waals surface area contributed by atoms with Crippen molar-refractivity contribution in [3.63, 3.8) is 0 Å². The molecule has 0 atom stereocenters. The van der Waals surface area contributed by atoms with Gasteiger partial charge in [-0.25, -0.2) is 9.98 Å². The number of aliphatic imine (C=N–C) groups is 1. The minimum atomic E-state index is -1.28. The number of rotatable bonds is 0. The van der Waals surface area contributed by atoms with Crippen molar-refractivity contribution in [2.45, 2.75) is 4.58 Å². The molecule has 58 valence electrons. The Morgan fingerprint density at radius 1 is 1.45 bits per heavy atom. The highest BCUT2D eigenvalue weighted by molar-refractivity contribution is 6.49. The Morgan fingerprint density at radius 3 is 3.09 bits per heavy atom. The van der Waals surface area contributed by atoms with Crippen LogP contribution in [0.2, 0.25) is 0 Å². The second-order valence-electron chi connectivity index (χ2n) is 2.09. The molecule has 2 rings (SSSR count). The highest BCUT2D eigenvalue weighted by Gasteiger charge is 2.27. The number of imidazole rings is 1. The van der Waals surface area contributed by atoms with Crippen molar-refractivity contribution in [3.05, 3.63) is 12.0 Å². The minimum Gasteiger partial charge on any atom is -0.342 e. The van der Waals surface area contributed by atoms with E-state index in [1.54, 1.807) is 12.5 Å². The SMILES string of the molecule is ClC1(Cl)N=Cc2[nH]cnc2N1. The number of nitrogens with one attached hydrogen (secondary N) is 2. The van der Waals surface area contributed by atoms with E-state index in [1.165, 1.54) is 0 Å². The zero-order valence-corrected chi connectivity index (χ0v) is 6.82. The van der Waals surface area contributed by atoms with E-state index < -0.39 is 4.58 Å². The maximum absolute atomic E-state index is 5.66. The molecule has 0 aromatic carbocycles. The Balaban J connectivity index is 2.44. The summed E-state index contributed by atoms with van der Waals surface area (Å²) in [6, 6.07) is 0. The average molecular weight is 191 g/mol. The van der Waals surface area contributed by atoms with Crippen LogP contribution in [-0.4, -0.2) is 20.8 Å². The molecule has 1 aromatic rings. The Hall–Kier alpha value is -0.740. The van der Waals surface area contributed by atoms with Gasteiger partial charge in [0.1, 0.15) is 5.69 Å². The summed E-state index contributed by atoms with van der Waals surface area (Å²) in [7, 11) is 0. The van der Waals surface area contributed by atoms with Crippen LogP contribution in [-0.2, 0) is 0 Å². The number of anilines is 1. The monoisotopic (exact) mass is 190 g/mol. The molecule has 1 aromatic heterocycles. The molecule has 0 bridgehead atoms. The lowest BCUT2D eigenvalue weighted by Gasteiger charge is -2.19. The van der Waals surface area contributed by atoms with Gasteiger partial charge >= 0.3 is 0 Å². The standard InChI is InChI=1S/C5H4Cl2N4/c6-5(7)10-1-3-4(11-5)9-2-8-3/h1-2,11H,(H,8,9). The van der Waals surface area contributed by atoms with Gasteiger partial charge in [0.25, 0.3) is 4.58 Å². The van der Waals surface area contributed by atoms with E-state index in [-0.39, 0.29) is 0 Å². The summed E-state index contributed by atoms with van der Waals surface area (Å²) < 4.78 is -1.28. The summed E-state index contributed by atoms with van der Waals surface area (Å²) >= 11 is 11.3. The quantitative estimate of drug-likeness (QED) is 0.480. The lowest BCUT2D eigenvalue weighted by molar-refractivity contribution is 0.934. The number of halogens is 2. The first-order chi connectivity index (χ1) is 5.17. The van der Waals surface area contributed by atoms with Gasteiger partial charge in [-0.1, -0.05) is 23.2 Å². The Morgan fingerprint density at radius 2 is 2.27 bits per heavy atom. The van der Waals surface area contributed by atoms with Crippen molar-refractivity contribution < 1.29 is 0 Å². The molecule has 0 unspecified atom stereocenters. The number of fused-ring (bicyclic) bond motifs is 1. The van der Waals surface area contributed by atoms with E-state index in [9.17, 15) is 0 Å². The molecule has 1 aliphatic heterocycles. The molecule has 0 spiro atoms. The minimum absolute atomic E-state index is 0.616. The molecule has 0 fully saturated rings. The van der Waals surface area contributed by atoms with E-state index in [4.69, 9.17) is 23.2 Å². The normalized spacial score (nSPS) is 19.1. The summed E-state index contributed by atoms with van der Waals surface area (Å²) in [5.74, 6) is 0.616. The molecular weight excluding hydrogens is 187 g/mol. The van der Waals surface area contributed by atoms with Crippen molar-refractivity contribution in [2.75, 3.05) is 5.32 Å². The third kappa shape index (κ3) is 1.19. The summed E-state index contributed by atoms with van der Waals surface area (Å²) in [5, 5.41) is 2.71. The van der Waals surface area contributed by atoms with Gasteiger partial charge in [0.05, 0.1) is 12.5 Å². The molecule has 0 aliphatic carbocycles. The first kappa shape index (κ1) is 6.94. The van der Waals surface area contributed by atoms with Crippen molar-refractivity contribution >= 4 is 35.2 Å². The maximum Gasteiger partial charge on any atom is 0.286 e. The van der Waals surface area contributed by atoms with E-state index in [1.807, 2.05) is 0 Å². The third-order valence-corrected chi connectivity index (χ3v) is 1.68. The van der Waals surface area contributed by atoms with Crippen molar-refractivity contribution in [1.82, 2.24) is 9.97 Å². The first-order valence-corrected chi connectivity index (χ1v) is 3.67. The average Bonchev–Trinajstić information content (AvgIpc) is 2.31. The van der Waals surface area contributed by atoms with Gasteiger partial charge < -0.3 is 10.3 Å². The van der Waals surface area contributed by atoms with Gasteiger partial charge in [-0.3, -0.25) is 0 Å². The van der Waals surface area contributed by atoms with Crippen LogP contribution < -0.4 is 5.32 Å². The van der Waals surface area contributed by atoms with E-state index >= 15 is 0 Å². The fourth-order valence-electron chi connectivity index (χ4n) is 0.823. The molecule has 4 nitrogen and oxygen atoms in total. The molecule has 2 N–H and O–H groups in total. The third-order valence-electron chi connectivity index (χ3n) is 1.29. The largest absolute Gasteiger partial charge is 0.342 e. The fourth-order valence-corrected chi connectivity index (χ4v) is 1.10. The number of hydrogen-bond acceptors (Lipinski definition) is 3. The molecule has 11 heavy (non-hydrogen) atoms. The van der Waals surface area contributed by atoms with Crippen molar-refractivity contribution in [3.8, 4) is 0 Å². The lowest BCUT2D eigenvalue weighted by Crippen LogP contribution is -2.26. The van der Waals surface area contributed by atoms with Crippen LogP contribution in [0, 0.1) is 0 Å². The number of nitrogens with zero attached hydrogens (tertiary/aromatic N) is 2. The molecular formula is C5H4Cl2N4. The fraction of sp³-hybridized carbons (Fsp3) is 0.200. The Kier molecular flexibility index (Phi) is 1.34. The second kappa shape index (κ2) is 2.12. The number of hydrogen-bond donors (Lipinski definition) is 2. The second-order valence-corrected chi connectivity index (χ2v) is 3.38. The first-order valence-electron chi connectivity index (χ1n) is 2.92. The Labute approximate surface area is 72.6 Å². The highest BCUT2D eigenvalue weighted by atomic mass is 35.5. The number of H-pyrrole nitrogens is 1. The summed E-state index contributed by atoms with van der Waals surface area (Å²) in [6.07, 6.45) is 3.08. The topological polar surface area (TPSA) is 53.1 Å². The summed E-state index contributed by atoms with van der Waals surface area (Å²) in [4.78, 5) is 10.6. The predicted octanol–water partition coefficient (Wildman–Crippen LogP) is 1.34. The van der Waals surface area contributed by atoms with Crippen LogP contribution in [0.15, 0.2) is 11.3 Å². The van der Waals surface area contributed by atoms with Crippen LogP contribution in [0.3, 0.4) is 0 Å². The zero-order chi connectivity index (χ0) is 7.90. The van der Waals surface area contributed by atoms with E-state index in [0.29, 0.717) is 5.82 Å². The van der Waals surface area contributed by atoms with Crippen LogP contribution in [0.25, 0.3) is 0 Å². The number of alkyl halides is 2. The van der Waals surface area contributed by atoms with Crippen LogP contribution in [0.1, 0.15) is 5.69 Å². The number of aromatic amines is 1. The van der Waals surface area contributed by atoms with E-state index in [0.717, 1.165) is 5.69 Å². The van der Waals surface area contributed by atoms with Gasteiger partial charge in [-0.05, 0) is 0 Å². The Bertz CT molecular complexity index is 303. The molecule has 0 amide bonds. The molecule has 6 heteroatoms. The lowest BCUT2D eigenvalue weighted by atomic mass is 10.4. The van der Waals surface area contributed by atoms with Gasteiger partial charge in [-0.15, -0.1) is 0 Å². The van der Waals surface area contributed by atoms with Crippen LogP contribution in [0.4, 0.5) is 5.82 Å². The smallest absolute Gasteiger partial charge is 0.286 e. The highest BCUT2D eigenvalue weighted by Crippen LogP contribution is 2.28. The summed E-state index contributed by atoms with van der Waals surface area (Å²) in [5.41, 5.74) is 0.780. The van der Waals surface area contributed by atoms with E-state index in [2.05, 4.69) is 20.3 Å². The molecule has 1 aliphatic rings. The van der Waals surface area contributed by atoms with Gasteiger partial charge in [-0.2, -0.15) is 0 Å². The molecule has 0 saturated carbocycles. The van der Waals surface area contributed by atoms with Crippen LogP contribution >= 0.6 is 23.2 Å². The molecule has 0 saturated heterocycles. The summed E-state index contributed by atoms with van der Waals surface area (Å²) in [6.45, 7) is 0. The molecule has 0 radical (unpaired) electrons. The van der Waals surface area contributed by atoms with Gasteiger partial charge in [0.15, 0.2) is 5.82 Å². The molecule has 2 heterocycles. The van der Waals surface area contributed by atoms with Crippen molar-refractivity contribution in [2.24, 2.45) is 4.99 Å². The zero-order valence-electron chi connectivity index (χ0n) is 5.31. The van der Waals surface area contributed by atoms with Gasteiger partial charge in [0, 0.05) is 0 Å².